The molecule has 0 aliphatic carbocycles. The van der Waals surface area contributed by atoms with Crippen molar-refractivity contribution in [1.29, 1.82) is 0 Å². The van der Waals surface area contributed by atoms with Crippen molar-refractivity contribution in [1.82, 2.24) is 0 Å². The Morgan fingerprint density at radius 3 is 2.94 bits per heavy atom. The summed E-state index contributed by atoms with van der Waals surface area (Å²) in [6, 6.07) is 4.55. The first-order chi connectivity index (χ1) is 8.13. The largest absolute Gasteiger partial charge is 0.388 e. The lowest BCUT2D eigenvalue weighted by molar-refractivity contribution is 0.0305. The van der Waals surface area contributed by atoms with Crippen molar-refractivity contribution < 1.29 is 14.2 Å². The van der Waals surface area contributed by atoms with Crippen molar-refractivity contribution in [2.24, 2.45) is 5.92 Å². The Bertz CT molecular complexity index is 392. The third kappa shape index (κ3) is 2.50. The number of aliphatic hydroxyl groups excluding tert-OH is 1. The van der Waals surface area contributed by atoms with Crippen LogP contribution >= 0.6 is 0 Å². The third-order valence-electron chi connectivity index (χ3n) is 3.62. The van der Waals surface area contributed by atoms with Gasteiger partial charge in [0.2, 0.25) is 0 Å². The van der Waals surface area contributed by atoms with Gasteiger partial charge in [0.15, 0.2) is 0 Å². The highest BCUT2D eigenvalue weighted by Crippen LogP contribution is 2.35. The number of ether oxygens (including phenoxy) is 1. The van der Waals surface area contributed by atoms with Crippen molar-refractivity contribution in [2.45, 2.75) is 38.9 Å². The predicted molar refractivity (Wildman–Crippen MR) is 64.2 cm³/mol. The fraction of sp³-hybridized carbons (Fsp3) is 0.571. The molecule has 0 saturated carbocycles. The molecule has 1 aromatic carbocycles. The van der Waals surface area contributed by atoms with E-state index in [1.807, 2.05) is 6.92 Å². The molecule has 2 rings (SSSR count). The van der Waals surface area contributed by atoms with Gasteiger partial charge in [-0.3, -0.25) is 0 Å². The number of benzene rings is 1. The number of aliphatic hydroxyl groups is 1. The molecule has 1 aliphatic rings. The van der Waals surface area contributed by atoms with Crippen molar-refractivity contribution in [3.63, 3.8) is 0 Å². The molecule has 1 heterocycles. The molecule has 1 saturated heterocycles. The molecule has 0 amide bonds. The molecule has 2 nitrogen and oxygen atoms in total. The highest BCUT2D eigenvalue weighted by molar-refractivity contribution is 5.29. The van der Waals surface area contributed by atoms with Gasteiger partial charge in [-0.15, -0.1) is 0 Å². The van der Waals surface area contributed by atoms with E-state index in [9.17, 15) is 9.50 Å². The molecule has 1 fully saturated rings. The maximum atomic E-state index is 13.0. The van der Waals surface area contributed by atoms with Crippen molar-refractivity contribution >= 4 is 0 Å². The monoisotopic (exact) mass is 238 g/mol. The Morgan fingerprint density at radius 2 is 2.29 bits per heavy atom. The van der Waals surface area contributed by atoms with Crippen molar-refractivity contribution in [3.8, 4) is 0 Å². The second kappa shape index (κ2) is 5.15. The highest BCUT2D eigenvalue weighted by atomic mass is 19.1. The van der Waals surface area contributed by atoms with Gasteiger partial charge >= 0.3 is 0 Å². The van der Waals surface area contributed by atoms with Crippen LogP contribution in [0, 0.1) is 18.7 Å². The molecular formula is C14H19FO2. The lowest BCUT2D eigenvalue weighted by Gasteiger charge is -2.24. The van der Waals surface area contributed by atoms with Gasteiger partial charge in [0.1, 0.15) is 5.82 Å². The molecule has 94 valence electrons. The van der Waals surface area contributed by atoms with Crippen molar-refractivity contribution in [2.75, 3.05) is 6.61 Å². The van der Waals surface area contributed by atoms with Gasteiger partial charge in [-0.2, -0.15) is 0 Å². The minimum absolute atomic E-state index is 0.120. The van der Waals surface area contributed by atoms with Crippen LogP contribution in [0.4, 0.5) is 4.39 Å². The highest BCUT2D eigenvalue weighted by Gasteiger charge is 2.33. The van der Waals surface area contributed by atoms with E-state index in [1.165, 1.54) is 12.1 Å². The zero-order valence-electron chi connectivity index (χ0n) is 10.3. The Morgan fingerprint density at radius 1 is 1.53 bits per heavy atom. The van der Waals surface area contributed by atoms with Crippen LogP contribution in [0.25, 0.3) is 0 Å². The van der Waals surface area contributed by atoms with Gasteiger partial charge in [0, 0.05) is 12.5 Å². The molecule has 1 N–H and O–H groups in total. The summed E-state index contributed by atoms with van der Waals surface area (Å²) in [5, 5.41) is 10.4. The lowest BCUT2D eigenvalue weighted by atomic mass is 9.87. The minimum atomic E-state index is -0.553. The van der Waals surface area contributed by atoms with Gasteiger partial charge < -0.3 is 9.84 Å². The standard InChI is InChI=1S/C14H19FO2/c1-3-13-12(6-7-17-13)14(16)11-5-4-10(15)8-9(11)2/h4-5,8,12-14,16H,3,6-7H2,1-2H3. The molecular weight excluding hydrogens is 219 g/mol. The van der Waals surface area contributed by atoms with Gasteiger partial charge in [0.05, 0.1) is 12.2 Å². The number of halogens is 1. The van der Waals surface area contributed by atoms with Crippen LogP contribution < -0.4 is 0 Å². The zero-order valence-corrected chi connectivity index (χ0v) is 10.3. The van der Waals surface area contributed by atoms with Gasteiger partial charge in [-0.1, -0.05) is 13.0 Å². The maximum absolute atomic E-state index is 13.0. The number of hydrogen-bond acceptors (Lipinski definition) is 2. The van der Waals surface area contributed by atoms with Crippen molar-refractivity contribution in [3.05, 3.63) is 35.1 Å². The Balaban J connectivity index is 2.21. The summed E-state index contributed by atoms with van der Waals surface area (Å²) in [5.74, 6) is -0.127. The smallest absolute Gasteiger partial charge is 0.123 e. The van der Waals surface area contributed by atoms with E-state index >= 15 is 0 Å². The number of aryl methyl sites for hydroxylation is 1. The second-order valence-electron chi connectivity index (χ2n) is 4.72. The van der Waals surface area contributed by atoms with Crippen LogP contribution in [0.5, 0.6) is 0 Å². The number of rotatable bonds is 3. The molecule has 3 atom stereocenters. The first-order valence-corrected chi connectivity index (χ1v) is 6.19. The summed E-state index contributed by atoms with van der Waals surface area (Å²) in [6.45, 7) is 4.60. The summed E-state index contributed by atoms with van der Waals surface area (Å²) in [6.07, 6.45) is 1.34. The average Bonchev–Trinajstić information content (AvgIpc) is 2.76. The van der Waals surface area contributed by atoms with Crippen LogP contribution in [0.2, 0.25) is 0 Å². The summed E-state index contributed by atoms with van der Waals surface area (Å²) in [5.41, 5.74) is 1.62. The quantitative estimate of drug-likeness (QED) is 0.877. The molecule has 3 heteroatoms. The Hall–Kier alpha value is -0.930. The van der Waals surface area contributed by atoms with Crippen LogP contribution in [0.3, 0.4) is 0 Å². The molecule has 0 radical (unpaired) electrons. The first kappa shape index (κ1) is 12.5. The van der Waals surface area contributed by atoms with Crippen LogP contribution in [-0.2, 0) is 4.74 Å². The Labute approximate surface area is 101 Å². The summed E-state index contributed by atoms with van der Waals surface area (Å²) < 4.78 is 18.6. The second-order valence-corrected chi connectivity index (χ2v) is 4.72. The maximum Gasteiger partial charge on any atom is 0.123 e. The van der Waals surface area contributed by atoms with E-state index in [2.05, 4.69) is 6.92 Å². The topological polar surface area (TPSA) is 29.5 Å². The first-order valence-electron chi connectivity index (χ1n) is 6.19. The normalized spacial score (nSPS) is 26.1. The van der Waals surface area contributed by atoms with Crippen LogP contribution in [0.15, 0.2) is 18.2 Å². The Kier molecular flexibility index (Phi) is 3.79. The average molecular weight is 238 g/mol. The molecule has 0 spiro atoms. The van der Waals surface area contributed by atoms with E-state index in [1.54, 1.807) is 6.07 Å². The van der Waals surface area contributed by atoms with Crippen LogP contribution in [-0.4, -0.2) is 17.8 Å². The molecule has 1 aromatic rings. The van der Waals surface area contributed by atoms with E-state index in [0.29, 0.717) is 6.61 Å². The van der Waals surface area contributed by atoms with Gasteiger partial charge in [-0.05, 0) is 43.0 Å². The van der Waals surface area contributed by atoms with E-state index in [0.717, 1.165) is 24.0 Å². The molecule has 1 aliphatic heterocycles. The zero-order chi connectivity index (χ0) is 12.4. The van der Waals surface area contributed by atoms with E-state index < -0.39 is 6.10 Å². The fourth-order valence-corrected chi connectivity index (χ4v) is 2.65. The molecule has 17 heavy (non-hydrogen) atoms. The van der Waals surface area contributed by atoms with Crippen LogP contribution in [0.1, 0.15) is 37.0 Å². The predicted octanol–water partition coefficient (Wildman–Crippen LogP) is 2.98. The minimum Gasteiger partial charge on any atom is -0.388 e. The third-order valence-corrected chi connectivity index (χ3v) is 3.62. The molecule has 0 bridgehead atoms. The van der Waals surface area contributed by atoms with E-state index in [4.69, 9.17) is 4.74 Å². The summed E-state index contributed by atoms with van der Waals surface area (Å²) >= 11 is 0. The molecule has 3 unspecified atom stereocenters. The number of hydrogen-bond donors (Lipinski definition) is 1. The van der Waals surface area contributed by atoms with E-state index in [-0.39, 0.29) is 17.8 Å². The van der Waals surface area contributed by atoms with Gasteiger partial charge in [-0.25, -0.2) is 4.39 Å². The summed E-state index contributed by atoms with van der Waals surface area (Å²) in [7, 11) is 0. The molecule has 0 aromatic heterocycles. The summed E-state index contributed by atoms with van der Waals surface area (Å²) in [4.78, 5) is 0. The van der Waals surface area contributed by atoms with Gasteiger partial charge in [0.25, 0.3) is 0 Å². The fourth-order valence-electron chi connectivity index (χ4n) is 2.65. The SMILES string of the molecule is CCC1OCCC1C(O)c1ccc(F)cc1C. The lowest BCUT2D eigenvalue weighted by Crippen LogP contribution is -2.22.